The molecule has 1 saturated heterocycles. The Morgan fingerprint density at radius 2 is 2.28 bits per heavy atom. The summed E-state index contributed by atoms with van der Waals surface area (Å²) < 4.78 is 11.2. The third-order valence-electron chi connectivity index (χ3n) is 3.01. The fourth-order valence-corrected chi connectivity index (χ4v) is 2.39. The van der Waals surface area contributed by atoms with Gasteiger partial charge in [0.25, 0.3) is 0 Å². The second-order valence-electron chi connectivity index (χ2n) is 4.26. The number of ether oxygens (including phenoxy) is 2. The van der Waals surface area contributed by atoms with Gasteiger partial charge >= 0.3 is 0 Å². The third kappa shape index (κ3) is 2.99. The monoisotopic (exact) mass is 266 g/mol. The molecule has 2 heterocycles. The second-order valence-corrected chi connectivity index (χ2v) is 4.66. The first-order valence-corrected chi connectivity index (χ1v) is 6.38. The fraction of sp³-hybridized carbons (Fsp3) is 0.538. The van der Waals surface area contributed by atoms with Crippen molar-refractivity contribution in [2.24, 2.45) is 0 Å². The summed E-state index contributed by atoms with van der Waals surface area (Å²) in [5.74, 6) is 0. The van der Waals surface area contributed by atoms with Gasteiger partial charge < -0.3 is 9.47 Å². The van der Waals surface area contributed by atoms with Gasteiger partial charge in [0, 0.05) is 25.0 Å². The van der Waals surface area contributed by atoms with Gasteiger partial charge in [0.2, 0.25) is 0 Å². The minimum absolute atomic E-state index is 0.163. The SMILES string of the molecule is CC(OC1CCOCC1)c1c(Cl)ccnc1C#N. The van der Waals surface area contributed by atoms with Crippen LogP contribution < -0.4 is 0 Å². The highest BCUT2D eigenvalue weighted by molar-refractivity contribution is 6.31. The van der Waals surface area contributed by atoms with Crippen molar-refractivity contribution in [2.75, 3.05) is 13.2 Å². The number of aromatic nitrogens is 1. The van der Waals surface area contributed by atoms with Gasteiger partial charge in [0.1, 0.15) is 11.8 Å². The van der Waals surface area contributed by atoms with E-state index < -0.39 is 0 Å². The maximum absolute atomic E-state index is 9.05. The zero-order valence-electron chi connectivity index (χ0n) is 10.2. The molecule has 0 N–H and O–H groups in total. The van der Waals surface area contributed by atoms with Crippen LogP contribution in [0.1, 0.15) is 37.1 Å². The lowest BCUT2D eigenvalue weighted by Gasteiger charge is -2.26. The number of hydrogen-bond acceptors (Lipinski definition) is 4. The summed E-state index contributed by atoms with van der Waals surface area (Å²) in [5.41, 5.74) is 1.01. The Kier molecular flexibility index (Phi) is 4.54. The number of rotatable bonds is 3. The van der Waals surface area contributed by atoms with Crippen molar-refractivity contribution in [2.45, 2.75) is 32.0 Å². The molecule has 1 aromatic rings. The Morgan fingerprint density at radius 3 is 2.94 bits per heavy atom. The zero-order chi connectivity index (χ0) is 13.0. The molecule has 0 saturated carbocycles. The van der Waals surface area contributed by atoms with Crippen LogP contribution in [0.4, 0.5) is 0 Å². The zero-order valence-corrected chi connectivity index (χ0v) is 11.0. The van der Waals surface area contributed by atoms with Crippen molar-refractivity contribution in [1.82, 2.24) is 4.98 Å². The van der Waals surface area contributed by atoms with E-state index in [2.05, 4.69) is 11.1 Å². The molecule has 1 atom stereocenters. The number of halogens is 1. The number of pyridine rings is 1. The Morgan fingerprint density at radius 1 is 1.56 bits per heavy atom. The van der Waals surface area contributed by atoms with Gasteiger partial charge in [-0.05, 0) is 25.8 Å². The van der Waals surface area contributed by atoms with Crippen LogP contribution in [0, 0.1) is 11.3 Å². The van der Waals surface area contributed by atoms with Gasteiger partial charge in [-0.1, -0.05) is 11.6 Å². The molecule has 1 fully saturated rings. The summed E-state index contributed by atoms with van der Waals surface area (Å²) in [5, 5.41) is 9.58. The molecule has 4 nitrogen and oxygen atoms in total. The van der Waals surface area contributed by atoms with E-state index >= 15 is 0 Å². The van der Waals surface area contributed by atoms with Crippen LogP contribution in [0.5, 0.6) is 0 Å². The van der Waals surface area contributed by atoms with E-state index in [4.69, 9.17) is 26.3 Å². The second kappa shape index (κ2) is 6.14. The predicted molar refractivity (Wildman–Crippen MR) is 67.3 cm³/mol. The molecule has 18 heavy (non-hydrogen) atoms. The number of hydrogen-bond donors (Lipinski definition) is 0. The molecular formula is C13H15ClN2O2. The van der Waals surface area contributed by atoms with Gasteiger partial charge in [-0.2, -0.15) is 5.26 Å². The van der Waals surface area contributed by atoms with Gasteiger partial charge in [-0.15, -0.1) is 0 Å². The highest BCUT2D eigenvalue weighted by atomic mass is 35.5. The van der Waals surface area contributed by atoms with Crippen LogP contribution >= 0.6 is 11.6 Å². The summed E-state index contributed by atoms with van der Waals surface area (Å²) in [6.45, 7) is 3.35. The predicted octanol–water partition coefficient (Wildman–Crippen LogP) is 2.86. The first-order chi connectivity index (χ1) is 8.72. The Bertz CT molecular complexity index is 453. The molecule has 0 aliphatic carbocycles. The molecule has 0 aromatic carbocycles. The van der Waals surface area contributed by atoms with Gasteiger partial charge in [-0.3, -0.25) is 0 Å². The van der Waals surface area contributed by atoms with Crippen LogP contribution in [-0.2, 0) is 9.47 Å². The molecule has 0 amide bonds. The van der Waals surface area contributed by atoms with E-state index in [9.17, 15) is 0 Å². The van der Waals surface area contributed by atoms with E-state index in [1.807, 2.05) is 6.92 Å². The van der Waals surface area contributed by atoms with Gasteiger partial charge in [0.15, 0.2) is 0 Å². The summed E-state index contributed by atoms with van der Waals surface area (Å²) in [6.07, 6.45) is 3.22. The molecular weight excluding hydrogens is 252 g/mol. The van der Waals surface area contributed by atoms with Crippen LogP contribution in [0.25, 0.3) is 0 Å². The van der Waals surface area contributed by atoms with E-state index in [0.29, 0.717) is 16.3 Å². The van der Waals surface area contributed by atoms with Crippen LogP contribution in [0.2, 0.25) is 5.02 Å². The minimum Gasteiger partial charge on any atom is -0.381 e. The van der Waals surface area contributed by atoms with Crippen molar-refractivity contribution < 1.29 is 9.47 Å². The molecule has 1 aliphatic heterocycles. The average molecular weight is 267 g/mol. The molecule has 2 rings (SSSR count). The molecule has 1 aromatic heterocycles. The molecule has 0 radical (unpaired) electrons. The first kappa shape index (κ1) is 13.3. The third-order valence-corrected chi connectivity index (χ3v) is 3.34. The molecule has 1 unspecified atom stereocenters. The van der Waals surface area contributed by atoms with Crippen molar-refractivity contribution in [3.63, 3.8) is 0 Å². The highest BCUT2D eigenvalue weighted by Gasteiger charge is 2.22. The van der Waals surface area contributed by atoms with Crippen molar-refractivity contribution >= 4 is 11.6 Å². The number of nitriles is 1. The van der Waals surface area contributed by atoms with Crippen LogP contribution in [0.3, 0.4) is 0 Å². The largest absolute Gasteiger partial charge is 0.381 e. The summed E-state index contributed by atoms with van der Waals surface area (Å²) in [4.78, 5) is 4.02. The van der Waals surface area contributed by atoms with E-state index in [1.165, 1.54) is 6.20 Å². The summed E-state index contributed by atoms with van der Waals surface area (Å²) in [7, 11) is 0. The van der Waals surface area contributed by atoms with E-state index in [0.717, 1.165) is 26.1 Å². The van der Waals surface area contributed by atoms with Crippen molar-refractivity contribution in [1.29, 1.82) is 5.26 Å². The Hall–Kier alpha value is -1.15. The van der Waals surface area contributed by atoms with Crippen LogP contribution in [0.15, 0.2) is 12.3 Å². The van der Waals surface area contributed by atoms with Crippen LogP contribution in [-0.4, -0.2) is 24.3 Å². The van der Waals surface area contributed by atoms with E-state index in [1.54, 1.807) is 6.07 Å². The summed E-state index contributed by atoms with van der Waals surface area (Å²) >= 11 is 6.12. The minimum atomic E-state index is -0.232. The van der Waals surface area contributed by atoms with Crippen molar-refractivity contribution in [3.05, 3.63) is 28.5 Å². The lowest BCUT2D eigenvalue weighted by atomic mass is 10.1. The Labute approximate surface area is 111 Å². The molecule has 96 valence electrons. The first-order valence-electron chi connectivity index (χ1n) is 6.00. The smallest absolute Gasteiger partial charge is 0.147 e. The topological polar surface area (TPSA) is 55.1 Å². The Balaban J connectivity index is 2.13. The summed E-state index contributed by atoms with van der Waals surface area (Å²) in [6, 6.07) is 3.74. The fourth-order valence-electron chi connectivity index (χ4n) is 2.09. The van der Waals surface area contributed by atoms with Crippen molar-refractivity contribution in [3.8, 4) is 6.07 Å². The molecule has 0 spiro atoms. The lowest BCUT2D eigenvalue weighted by Crippen LogP contribution is -2.25. The molecule has 0 bridgehead atoms. The quantitative estimate of drug-likeness (QED) is 0.844. The average Bonchev–Trinajstić information content (AvgIpc) is 2.39. The van der Waals surface area contributed by atoms with Gasteiger partial charge in [0.05, 0.1) is 17.2 Å². The molecule has 5 heteroatoms. The highest BCUT2D eigenvalue weighted by Crippen LogP contribution is 2.29. The lowest BCUT2D eigenvalue weighted by molar-refractivity contribution is -0.0637. The molecule has 1 aliphatic rings. The van der Waals surface area contributed by atoms with Gasteiger partial charge in [-0.25, -0.2) is 4.98 Å². The maximum atomic E-state index is 9.05. The normalized spacial score (nSPS) is 18.3. The maximum Gasteiger partial charge on any atom is 0.147 e. The number of nitrogens with zero attached hydrogens (tertiary/aromatic N) is 2. The standard InChI is InChI=1S/C13H15ClN2O2/c1-9(18-10-3-6-17-7-4-10)13-11(14)2-5-16-12(13)8-15/h2,5,9-10H,3-4,6-7H2,1H3. The van der Waals surface area contributed by atoms with E-state index in [-0.39, 0.29) is 12.2 Å².